The van der Waals surface area contributed by atoms with E-state index in [1.807, 2.05) is 6.92 Å². The molecule has 0 aliphatic carbocycles. The van der Waals surface area contributed by atoms with Gasteiger partial charge in [-0.2, -0.15) is 0 Å². The molecule has 2 N–H and O–H groups in total. The highest BCUT2D eigenvalue weighted by atomic mass is 32.1. The summed E-state index contributed by atoms with van der Waals surface area (Å²) in [5, 5.41) is 2.16. The predicted molar refractivity (Wildman–Crippen MR) is 80.6 cm³/mol. The van der Waals surface area contributed by atoms with Crippen molar-refractivity contribution in [1.29, 1.82) is 0 Å². The van der Waals surface area contributed by atoms with E-state index in [2.05, 4.69) is 52.2 Å². The average Bonchev–Trinajstić information content (AvgIpc) is 2.89. The third-order valence-electron chi connectivity index (χ3n) is 3.14. The molecule has 0 bridgehead atoms. The molecular formula is C15H17N3S. The molecular weight excluding hydrogens is 254 g/mol. The summed E-state index contributed by atoms with van der Waals surface area (Å²) < 4.78 is 2.16. The van der Waals surface area contributed by atoms with Gasteiger partial charge in [-0.15, -0.1) is 11.3 Å². The average molecular weight is 271 g/mol. The van der Waals surface area contributed by atoms with E-state index in [-0.39, 0.29) is 6.04 Å². The minimum atomic E-state index is 0.146. The van der Waals surface area contributed by atoms with E-state index in [4.69, 9.17) is 5.73 Å². The lowest BCUT2D eigenvalue weighted by atomic mass is 10.1. The molecule has 1 unspecified atom stereocenters. The van der Waals surface area contributed by atoms with Crippen LogP contribution in [0, 0.1) is 6.92 Å². The fraction of sp³-hybridized carbons (Fsp3) is 0.267. The molecule has 3 rings (SSSR count). The van der Waals surface area contributed by atoms with E-state index in [1.165, 1.54) is 16.8 Å². The van der Waals surface area contributed by atoms with Gasteiger partial charge in [-0.05, 0) is 19.4 Å². The first-order chi connectivity index (χ1) is 9.13. The van der Waals surface area contributed by atoms with E-state index in [9.17, 15) is 0 Å². The Bertz CT molecular complexity index is 692. The predicted octanol–water partition coefficient (Wildman–Crippen LogP) is 3.26. The van der Waals surface area contributed by atoms with Gasteiger partial charge in [0.2, 0.25) is 0 Å². The molecule has 0 aliphatic heterocycles. The Balaban J connectivity index is 2.04. The number of aromatic nitrogens is 2. The number of nitrogens with two attached hydrogens (primary N) is 1. The monoisotopic (exact) mass is 271 g/mol. The molecule has 0 saturated heterocycles. The van der Waals surface area contributed by atoms with Gasteiger partial charge >= 0.3 is 0 Å². The maximum atomic E-state index is 5.83. The summed E-state index contributed by atoms with van der Waals surface area (Å²) in [7, 11) is 0. The Hall–Kier alpha value is -1.65. The molecule has 0 radical (unpaired) electrons. The fourth-order valence-corrected chi connectivity index (χ4v) is 3.09. The highest BCUT2D eigenvalue weighted by molar-refractivity contribution is 7.15. The lowest BCUT2D eigenvalue weighted by molar-refractivity contribution is 0.726. The quantitative estimate of drug-likeness (QED) is 0.794. The first-order valence-corrected chi connectivity index (χ1v) is 7.29. The number of nitrogens with zero attached hydrogens (tertiary/aromatic N) is 2. The van der Waals surface area contributed by atoms with Crippen molar-refractivity contribution >= 4 is 16.3 Å². The Kier molecular flexibility index (Phi) is 3.12. The summed E-state index contributed by atoms with van der Waals surface area (Å²) >= 11 is 1.67. The Morgan fingerprint density at radius 1 is 1.32 bits per heavy atom. The van der Waals surface area contributed by atoms with Crippen LogP contribution in [0.3, 0.4) is 0 Å². The second-order valence-corrected chi connectivity index (χ2v) is 5.89. The first kappa shape index (κ1) is 12.4. The summed E-state index contributed by atoms with van der Waals surface area (Å²) in [5.41, 5.74) is 10.6. The number of benzene rings is 1. The van der Waals surface area contributed by atoms with Crippen LogP contribution >= 0.6 is 11.3 Å². The number of aryl methyl sites for hydroxylation is 1. The van der Waals surface area contributed by atoms with Gasteiger partial charge in [0.15, 0.2) is 4.96 Å². The van der Waals surface area contributed by atoms with Crippen molar-refractivity contribution in [1.82, 2.24) is 9.38 Å². The van der Waals surface area contributed by atoms with Gasteiger partial charge in [-0.1, -0.05) is 29.8 Å². The second kappa shape index (κ2) is 4.79. The molecule has 0 aliphatic rings. The molecule has 2 aromatic heterocycles. The van der Waals surface area contributed by atoms with Crippen molar-refractivity contribution in [2.45, 2.75) is 26.3 Å². The van der Waals surface area contributed by atoms with Gasteiger partial charge in [0.1, 0.15) is 0 Å². The lowest BCUT2D eigenvalue weighted by Crippen LogP contribution is -2.17. The van der Waals surface area contributed by atoms with E-state index in [1.54, 1.807) is 11.3 Å². The van der Waals surface area contributed by atoms with Gasteiger partial charge < -0.3 is 5.73 Å². The molecule has 3 aromatic rings. The Morgan fingerprint density at radius 3 is 2.74 bits per heavy atom. The molecule has 98 valence electrons. The van der Waals surface area contributed by atoms with Crippen LogP contribution in [0.5, 0.6) is 0 Å². The fourth-order valence-electron chi connectivity index (χ4n) is 2.19. The molecule has 0 spiro atoms. The van der Waals surface area contributed by atoms with Gasteiger partial charge in [0, 0.05) is 24.0 Å². The summed E-state index contributed by atoms with van der Waals surface area (Å²) in [6.45, 7) is 4.11. The van der Waals surface area contributed by atoms with Crippen molar-refractivity contribution in [3.8, 4) is 11.3 Å². The number of hydrogen-bond donors (Lipinski definition) is 1. The van der Waals surface area contributed by atoms with Crippen molar-refractivity contribution in [2.75, 3.05) is 0 Å². The van der Waals surface area contributed by atoms with Crippen molar-refractivity contribution in [3.05, 3.63) is 47.1 Å². The molecule has 2 heterocycles. The van der Waals surface area contributed by atoms with Crippen LogP contribution in [0.1, 0.15) is 18.2 Å². The van der Waals surface area contributed by atoms with Crippen molar-refractivity contribution < 1.29 is 0 Å². The zero-order chi connectivity index (χ0) is 13.4. The number of rotatable bonds is 3. The minimum Gasteiger partial charge on any atom is -0.328 e. The Morgan fingerprint density at radius 2 is 2.05 bits per heavy atom. The molecule has 3 nitrogen and oxygen atoms in total. The maximum absolute atomic E-state index is 5.83. The summed E-state index contributed by atoms with van der Waals surface area (Å²) in [5.74, 6) is 0. The van der Waals surface area contributed by atoms with E-state index in [0.717, 1.165) is 17.1 Å². The van der Waals surface area contributed by atoms with Crippen LogP contribution in [0.15, 0.2) is 35.8 Å². The molecule has 19 heavy (non-hydrogen) atoms. The number of thiazole rings is 1. The van der Waals surface area contributed by atoms with Gasteiger partial charge in [0.05, 0.1) is 11.4 Å². The number of imidazole rings is 1. The first-order valence-electron chi connectivity index (χ1n) is 6.41. The summed E-state index contributed by atoms with van der Waals surface area (Å²) in [6.07, 6.45) is 2.92. The topological polar surface area (TPSA) is 43.3 Å². The number of fused-ring (bicyclic) bond motifs is 1. The molecule has 0 amide bonds. The van der Waals surface area contributed by atoms with Crippen LogP contribution in [0.4, 0.5) is 0 Å². The highest BCUT2D eigenvalue weighted by Crippen LogP contribution is 2.26. The van der Waals surface area contributed by atoms with Crippen LogP contribution < -0.4 is 5.73 Å². The van der Waals surface area contributed by atoms with E-state index in [0.29, 0.717) is 0 Å². The smallest absolute Gasteiger partial charge is 0.194 e. The molecule has 1 atom stereocenters. The molecule has 0 saturated carbocycles. The molecule has 4 heteroatoms. The van der Waals surface area contributed by atoms with Crippen molar-refractivity contribution in [3.63, 3.8) is 0 Å². The van der Waals surface area contributed by atoms with Gasteiger partial charge in [-0.25, -0.2) is 4.98 Å². The zero-order valence-corrected chi connectivity index (χ0v) is 11.9. The Labute approximate surface area is 116 Å². The number of hydrogen-bond acceptors (Lipinski definition) is 3. The lowest BCUT2D eigenvalue weighted by Gasteiger charge is -2.01. The second-order valence-electron chi connectivity index (χ2n) is 5.05. The van der Waals surface area contributed by atoms with Crippen LogP contribution in [0.25, 0.3) is 16.2 Å². The standard InChI is InChI=1S/C15H17N3S/c1-10-3-5-12(6-4-10)14-9-19-15-17-13(7-11(2)16)8-18(14)15/h3-6,8-9,11H,7,16H2,1-2H3. The van der Waals surface area contributed by atoms with E-state index >= 15 is 0 Å². The van der Waals surface area contributed by atoms with Crippen molar-refractivity contribution in [2.24, 2.45) is 5.73 Å². The van der Waals surface area contributed by atoms with Gasteiger partial charge in [0.25, 0.3) is 0 Å². The maximum Gasteiger partial charge on any atom is 0.194 e. The van der Waals surface area contributed by atoms with E-state index < -0.39 is 0 Å². The SMILES string of the molecule is Cc1ccc(-c2csc3nc(CC(C)N)cn23)cc1. The normalized spacial score (nSPS) is 13.0. The molecule has 1 aromatic carbocycles. The largest absolute Gasteiger partial charge is 0.328 e. The van der Waals surface area contributed by atoms with Gasteiger partial charge in [-0.3, -0.25) is 4.40 Å². The minimum absolute atomic E-state index is 0.146. The third-order valence-corrected chi connectivity index (χ3v) is 3.98. The summed E-state index contributed by atoms with van der Waals surface area (Å²) in [6, 6.07) is 8.73. The van der Waals surface area contributed by atoms with Crippen LogP contribution in [-0.2, 0) is 6.42 Å². The highest BCUT2D eigenvalue weighted by Gasteiger charge is 2.10. The van der Waals surface area contributed by atoms with Crippen LogP contribution in [-0.4, -0.2) is 15.4 Å². The zero-order valence-electron chi connectivity index (χ0n) is 11.1. The van der Waals surface area contributed by atoms with Crippen LogP contribution in [0.2, 0.25) is 0 Å². The third kappa shape index (κ3) is 2.41. The summed E-state index contributed by atoms with van der Waals surface area (Å²) in [4.78, 5) is 5.65. The molecule has 0 fully saturated rings.